The average Bonchev–Trinajstić information content (AvgIpc) is 3.39. The second kappa shape index (κ2) is 10.2. The molecule has 0 radical (unpaired) electrons. The molecule has 2 saturated heterocycles. The minimum Gasteiger partial charge on any atom is -0.342 e. The summed E-state index contributed by atoms with van der Waals surface area (Å²) in [6.45, 7) is 4.36. The number of piperidine rings is 1. The van der Waals surface area contributed by atoms with Crippen molar-refractivity contribution in [3.05, 3.63) is 34.5 Å². The maximum Gasteiger partial charge on any atom is 0.273 e. The van der Waals surface area contributed by atoms with Crippen molar-refractivity contribution in [3.8, 4) is 0 Å². The monoisotopic (exact) mass is 468 g/mol. The van der Waals surface area contributed by atoms with E-state index < -0.39 is 0 Å². The molecule has 0 spiro atoms. The van der Waals surface area contributed by atoms with Crippen LogP contribution >= 0.6 is 11.3 Å². The molecule has 2 aliphatic heterocycles. The van der Waals surface area contributed by atoms with Gasteiger partial charge >= 0.3 is 0 Å². The van der Waals surface area contributed by atoms with E-state index in [0.717, 1.165) is 56.9 Å². The van der Waals surface area contributed by atoms with E-state index in [1.54, 1.807) is 23.7 Å². The molecule has 0 aromatic carbocycles. The molecule has 33 heavy (non-hydrogen) atoms. The van der Waals surface area contributed by atoms with Crippen molar-refractivity contribution in [3.63, 3.8) is 0 Å². The SMILES string of the molecule is O=C(c1csc(C2CCN(C(=O)C3CCCCC3)CC2)n1)N1CCN(c2ncccn2)CC1. The van der Waals surface area contributed by atoms with E-state index in [0.29, 0.717) is 36.6 Å². The van der Waals surface area contributed by atoms with E-state index in [1.165, 1.54) is 19.3 Å². The molecule has 3 fully saturated rings. The highest BCUT2D eigenvalue weighted by molar-refractivity contribution is 7.09. The van der Waals surface area contributed by atoms with Crippen LogP contribution < -0.4 is 4.90 Å². The predicted molar refractivity (Wildman–Crippen MR) is 127 cm³/mol. The minimum atomic E-state index is 0.0102. The number of carbonyl (C=O) groups is 2. The number of anilines is 1. The van der Waals surface area contributed by atoms with Gasteiger partial charge < -0.3 is 14.7 Å². The maximum absolute atomic E-state index is 13.0. The van der Waals surface area contributed by atoms with Gasteiger partial charge in [0.15, 0.2) is 0 Å². The zero-order valence-corrected chi connectivity index (χ0v) is 19.9. The van der Waals surface area contributed by atoms with Gasteiger partial charge in [0.05, 0.1) is 5.01 Å². The molecule has 0 N–H and O–H groups in total. The largest absolute Gasteiger partial charge is 0.342 e. The fourth-order valence-electron chi connectivity index (χ4n) is 5.25. The van der Waals surface area contributed by atoms with Gasteiger partial charge in [0.25, 0.3) is 5.91 Å². The summed E-state index contributed by atoms with van der Waals surface area (Å²) in [5, 5.41) is 2.95. The van der Waals surface area contributed by atoms with Crippen LogP contribution in [0.3, 0.4) is 0 Å². The summed E-state index contributed by atoms with van der Waals surface area (Å²) in [6, 6.07) is 1.81. The minimum absolute atomic E-state index is 0.0102. The highest BCUT2D eigenvalue weighted by atomic mass is 32.1. The van der Waals surface area contributed by atoms with Gasteiger partial charge in [-0.1, -0.05) is 19.3 Å². The Labute approximate surface area is 199 Å². The Bertz CT molecular complexity index is 945. The lowest BCUT2D eigenvalue weighted by molar-refractivity contribution is -0.137. The van der Waals surface area contributed by atoms with E-state index in [1.807, 2.05) is 16.3 Å². The first-order valence-electron chi connectivity index (χ1n) is 12.2. The van der Waals surface area contributed by atoms with Crippen LogP contribution in [0.1, 0.15) is 66.4 Å². The van der Waals surface area contributed by atoms with Crippen LogP contribution in [0.2, 0.25) is 0 Å². The molecule has 2 aromatic heterocycles. The van der Waals surface area contributed by atoms with Crippen LogP contribution in [-0.4, -0.2) is 75.8 Å². The molecule has 5 rings (SSSR count). The van der Waals surface area contributed by atoms with E-state index in [9.17, 15) is 9.59 Å². The summed E-state index contributed by atoms with van der Waals surface area (Å²) < 4.78 is 0. The van der Waals surface area contributed by atoms with E-state index >= 15 is 0 Å². The van der Waals surface area contributed by atoms with E-state index in [4.69, 9.17) is 4.98 Å². The highest BCUT2D eigenvalue weighted by Crippen LogP contribution is 2.33. The second-order valence-electron chi connectivity index (χ2n) is 9.33. The number of carbonyl (C=O) groups excluding carboxylic acids is 2. The van der Waals surface area contributed by atoms with Crippen LogP contribution in [0.4, 0.5) is 5.95 Å². The van der Waals surface area contributed by atoms with Gasteiger partial charge in [0, 0.05) is 68.9 Å². The Balaban J connectivity index is 1.12. The standard InChI is InChI=1S/C24H32N6O2S/c31-22(19-5-2-1-3-6-19)28-11-7-18(8-12-28)21-27-20(17-33-21)23(32)29-13-15-30(16-14-29)24-25-9-4-10-26-24/h4,9-10,17-19H,1-3,5-8,11-16H2. The molecular formula is C24H32N6O2S. The van der Waals surface area contributed by atoms with Crippen LogP contribution in [0, 0.1) is 5.92 Å². The number of likely N-dealkylation sites (tertiary alicyclic amines) is 1. The van der Waals surface area contributed by atoms with Gasteiger partial charge in [-0.2, -0.15) is 0 Å². The van der Waals surface area contributed by atoms with Crippen molar-refractivity contribution in [2.45, 2.75) is 50.9 Å². The van der Waals surface area contributed by atoms with Crippen molar-refractivity contribution in [1.29, 1.82) is 0 Å². The molecule has 9 heteroatoms. The first-order valence-corrected chi connectivity index (χ1v) is 13.1. The van der Waals surface area contributed by atoms with Crippen LogP contribution in [0.5, 0.6) is 0 Å². The Morgan fingerprint density at radius 2 is 1.55 bits per heavy atom. The molecule has 4 heterocycles. The highest BCUT2D eigenvalue weighted by Gasteiger charge is 2.31. The van der Waals surface area contributed by atoms with Crippen molar-refractivity contribution in [1.82, 2.24) is 24.8 Å². The average molecular weight is 469 g/mol. The summed E-state index contributed by atoms with van der Waals surface area (Å²) in [5.41, 5.74) is 0.556. The number of thiazole rings is 1. The van der Waals surface area contributed by atoms with Gasteiger partial charge in [-0.3, -0.25) is 9.59 Å². The first-order chi connectivity index (χ1) is 16.2. The van der Waals surface area contributed by atoms with E-state index in [2.05, 4.69) is 19.8 Å². The lowest BCUT2D eigenvalue weighted by Crippen LogP contribution is -2.49. The van der Waals surface area contributed by atoms with Crippen molar-refractivity contribution < 1.29 is 9.59 Å². The topological polar surface area (TPSA) is 82.5 Å². The number of hydrogen-bond acceptors (Lipinski definition) is 7. The summed E-state index contributed by atoms with van der Waals surface area (Å²) in [6.07, 6.45) is 11.1. The molecule has 176 valence electrons. The Morgan fingerprint density at radius 3 is 2.24 bits per heavy atom. The normalized spacial score (nSPS) is 20.8. The fraction of sp³-hybridized carbons (Fsp3) is 0.625. The van der Waals surface area contributed by atoms with Crippen molar-refractivity contribution in [2.75, 3.05) is 44.2 Å². The molecule has 1 aliphatic carbocycles. The second-order valence-corrected chi connectivity index (χ2v) is 10.2. The van der Waals surface area contributed by atoms with Gasteiger partial charge in [0.1, 0.15) is 5.69 Å². The Hall–Kier alpha value is -2.55. The fourth-order valence-corrected chi connectivity index (χ4v) is 6.22. The summed E-state index contributed by atoms with van der Waals surface area (Å²) in [4.78, 5) is 45.3. The summed E-state index contributed by atoms with van der Waals surface area (Å²) in [7, 11) is 0. The number of amides is 2. The lowest BCUT2D eigenvalue weighted by atomic mass is 9.87. The van der Waals surface area contributed by atoms with Gasteiger partial charge in [-0.15, -0.1) is 11.3 Å². The zero-order chi connectivity index (χ0) is 22.6. The predicted octanol–water partition coefficient (Wildman–Crippen LogP) is 3.18. The van der Waals surface area contributed by atoms with Gasteiger partial charge in [-0.05, 0) is 31.7 Å². The molecule has 3 aliphatic rings. The number of rotatable bonds is 4. The molecule has 0 bridgehead atoms. The molecule has 2 amide bonds. The smallest absolute Gasteiger partial charge is 0.273 e. The maximum atomic E-state index is 13.0. The van der Waals surface area contributed by atoms with Crippen LogP contribution in [0.15, 0.2) is 23.8 Å². The third-order valence-electron chi connectivity index (χ3n) is 7.25. The van der Waals surface area contributed by atoms with Crippen molar-refractivity contribution in [2.24, 2.45) is 5.92 Å². The van der Waals surface area contributed by atoms with Gasteiger partial charge in [0.2, 0.25) is 11.9 Å². The molecule has 2 aromatic rings. The van der Waals surface area contributed by atoms with Crippen LogP contribution in [0.25, 0.3) is 0 Å². The lowest BCUT2D eigenvalue weighted by Gasteiger charge is -2.34. The molecule has 0 atom stereocenters. The molecule has 8 nitrogen and oxygen atoms in total. The molecule has 0 unspecified atom stereocenters. The quantitative estimate of drug-likeness (QED) is 0.685. The first kappa shape index (κ1) is 22.3. The summed E-state index contributed by atoms with van der Waals surface area (Å²) >= 11 is 1.59. The number of aromatic nitrogens is 3. The Kier molecular flexibility index (Phi) is 6.85. The zero-order valence-electron chi connectivity index (χ0n) is 19.1. The van der Waals surface area contributed by atoms with Crippen LogP contribution in [-0.2, 0) is 4.79 Å². The Morgan fingerprint density at radius 1 is 0.848 bits per heavy atom. The van der Waals surface area contributed by atoms with Gasteiger partial charge in [-0.25, -0.2) is 15.0 Å². The number of nitrogens with zero attached hydrogens (tertiary/aromatic N) is 6. The molecular weight excluding hydrogens is 436 g/mol. The molecule has 1 saturated carbocycles. The van der Waals surface area contributed by atoms with E-state index in [-0.39, 0.29) is 11.8 Å². The number of piperazine rings is 1. The summed E-state index contributed by atoms with van der Waals surface area (Å²) in [5.74, 6) is 1.68. The number of hydrogen-bond donors (Lipinski definition) is 0. The third kappa shape index (κ3) is 5.03. The van der Waals surface area contributed by atoms with Crippen molar-refractivity contribution >= 4 is 29.1 Å². The third-order valence-corrected chi connectivity index (χ3v) is 8.26.